The topological polar surface area (TPSA) is 52.8 Å². The van der Waals surface area contributed by atoms with Crippen LogP contribution in [0, 0.1) is 17.2 Å². The van der Waals surface area contributed by atoms with Gasteiger partial charge in [0.1, 0.15) is 6.07 Å². The first-order chi connectivity index (χ1) is 8.22. The molecule has 1 saturated carbocycles. The van der Waals surface area contributed by atoms with E-state index in [0.717, 1.165) is 11.7 Å². The summed E-state index contributed by atoms with van der Waals surface area (Å²) >= 11 is 0. The second kappa shape index (κ2) is 5.13. The molecule has 0 atom stereocenters. The van der Waals surface area contributed by atoms with Crippen molar-refractivity contribution < 1.29 is 0 Å². The molecule has 2 rings (SSSR count). The van der Waals surface area contributed by atoms with Crippen molar-refractivity contribution in [3.63, 3.8) is 0 Å². The van der Waals surface area contributed by atoms with E-state index in [-0.39, 0.29) is 0 Å². The second-order valence-electron chi connectivity index (χ2n) is 4.86. The predicted octanol–water partition coefficient (Wildman–Crippen LogP) is 2.36. The molecule has 4 heteroatoms. The van der Waals surface area contributed by atoms with E-state index in [1.807, 2.05) is 7.05 Å². The number of anilines is 1. The van der Waals surface area contributed by atoms with Crippen LogP contribution < -0.4 is 4.90 Å². The van der Waals surface area contributed by atoms with Gasteiger partial charge in [0.2, 0.25) is 0 Å². The lowest BCUT2D eigenvalue weighted by Crippen LogP contribution is -2.36. The molecule has 0 aromatic carbocycles. The van der Waals surface area contributed by atoms with E-state index in [0.29, 0.717) is 11.7 Å². The zero-order valence-electron chi connectivity index (χ0n) is 10.4. The van der Waals surface area contributed by atoms with Crippen LogP contribution in [0.15, 0.2) is 12.4 Å². The van der Waals surface area contributed by atoms with Gasteiger partial charge in [0.15, 0.2) is 11.5 Å². The van der Waals surface area contributed by atoms with Crippen LogP contribution in [-0.4, -0.2) is 23.1 Å². The van der Waals surface area contributed by atoms with Gasteiger partial charge in [-0.2, -0.15) is 5.26 Å². The van der Waals surface area contributed by atoms with E-state index in [4.69, 9.17) is 5.26 Å². The number of rotatable bonds is 2. The third-order valence-electron chi connectivity index (χ3n) is 3.65. The first-order valence-corrected chi connectivity index (χ1v) is 6.16. The van der Waals surface area contributed by atoms with Crippen molar-refractivity contribution in [2.75, 3.05) is 11.9 Å². The number of hydrogen-bond acceptors (Lipinski definition) is 4. The van der Waals surface area contributed by atoms with Gasteiger partial charge in [0.25, 0.3) is 0 Å². The van der Waals surface area contributed by atoms with Crippen LogP contribution >= 0.6 is 0 Å². The fourth-order valence-electron chi connectivity index (χ4n) is 2.47. The molecule has 1 aliphatic carbocycles. The highest BCUT2D eigenvalue weighted by atomic mass is 15.2. The number of nitriles is 1. The van der Waals surface area contributed by atoms with Crippen LogP contribution in [0.2, 0.25) is 0 Å². The Morgan fingerprint density at radius 1 is 1.24 bits per heavy atom. The summed E-state index contributed by atoms with van der Waals surface area (Å²) in [5.74, 6) is 1.55. The molecule has 0 aliphatic heterocycles. The Bertz CT molecular complexity index is 416. The van der Waals surface area contributed by atoms with E-state index < -0.39 is 0 Å². The van der Waals surface area contributed by atoms with Crippen molar-refractivity contribution in [1.82, 2.24) is 9.97 Å². The Hall–Kier alpha value is -1.63. The molecule has 1 aromatic heterocycles. The Balaban J connectivity index is 2.14. The van der Waals surface area contributed by atoms with Crippen molar-refractivity contribution in [2.45, 2.75) is 38.6 Å². The van der Waals surface area contributed by atoms with Gasteiger partial charge in [0.05, 0.1) is 0 Å². The highest BCUT2D eigenvalue weighted by molar-refractivity contribution is 5.49. The van der Waals surface area contributed by atoms with Gasteiger partial charge < -0.3 is 4.90 Å². The average molecular weight is 230 g/mol. The first kappa shape index (κ1) is 11.8. The lowest BCUT2D eigenvalue weighted by Gasteiger charge is -2.34. The summed E-state index contributed by atoms with van der Waals surface area (Å²) in [5.41, 5.74) is 0.425. The summed E-state index contributed by atoms with van der Waals surface area (Å²) in [4.78, 5) is 10.5. The minimum Gasteiger partial charge on any atom is -0.354 e. The van der Waals surface area contributed by atoms with Crippen LogP contribution in [-0.2, 0) is 0 Å². The summed E-state index contributed by atoms with van der Waals surface area (Å²) in [6.07, 6.45) is 8.10. The predicted molar refractivity (Wildman–Crippen MR) is 66.6 cm³/mol. The summed E-state index contributed by atoms with van der Waals surface area (Å²) in [6.45, 7) is 2.30. The van der Waals surface area contributed by atoms with Crippen LogP contribution in [0.3, 0.4) is 0 Å². The highest BCUT2D eigenvalue weighted by Gasteiger charge is 2.24. The summed E-state index contributed by atoms with van der Waals surface area (Å²) < 4.78 is 0. The molecule has 4 nitrogen and oxygen atoms in total. The van der Waals surface area contributed by atoms with Gasteiger partial charge in [-0.15, -0.1) is 0 Å². The molecule has 0 unspecified atom stereocenters. The largest absolute Gasteiger partial charge is 0.354 e. The Kier molecular flexibility index (Phi) is 3.58. The first-order valence-electron chi connectivity index (χ1n) is 6.16. The number of nitrogens with zero attached hydrogens (tertiary/aromatic N) is 4. The SMILES string of the molecule is CC1CCC(N(C)c2nccnc2C#N)CC1. The normalized spacial score (nSPS) is 24.1. The standard InChI is InChI=1S/C13H18N4/c1-10-3-5-11(6-4-10)17(2)13-12(9-14)15-7-8-16-13/h7-8,10-11H,3-6H2,1-2H3. The smallest absolute Gasteiger partial charge is 0.183 e. The molecular formula is C13H18N4. The molecule has 90 valence electrons. The van der Waals surface area contributed by atoms with E-state index in [1.165, 1.54) is 25.7 Å². The van der Waals surface area contributed by atoms with Crippen molar-refractivity contribution in [3.8, 4) is 6.07 Å². The van der Waals surface area contributed by atoms with Crippen LogP contribution in [0.1, 0.15) is 38.3 Å². The minimum atomic E-state index is 0.425. The number of aromatic nitrogens is 2. The fourth-order valence-corrected chi connectivity index (χ4v) is 2.47. The Morgan fingerprint density at radius 2 is 1.88 bits per heavy atom. The van der Waals surface area contributed by atoms with Crippen molar-refractivity contribution in [2.24, 2.45) is 5.92 Å². The van der Waals surface area contributed by atoms with Gasteiger partial charge in [-0.3, -0.25) is 0 Å². The maximum absolute atomic E-state index is 9.03. The van der Waals surface area contributed by atoms with E-state index in [1.54, 1.807) is 12.4 Å². The zero-order valence-corrected chi connectivity index (χ0v) is 10.4. The number of hydrogen-bond donors (Lipinski definition) is 0. The summed E-state index contributed by atoms with van der Waals surface area (Å²) in [5, 5.41) is 9.03. The third-order valence-corrected chi connectivity index (χ3v) is 3.65. The maximum Gasteiger partial charge on any atom is 0.183 e. The van der Waals surface area contributed by atoms with E-state index >= 15 is 0 Å². The van der Waals surface area contributed by atoms with Crippen molar-refractivity contribution in [3.05, 3.63) is 18.1 Å². The Morgan fingerprint density at radius 3 is 2.53 bits per heavy atom. The van der Waals surface area contributed by atoms with Gasteiger partial charge in [0, 0.05) is 25.5 Å². The molecule has 0 spiro atoms. The molecule has 0 N–H and O–H groups in total. The van der Waals surface area contributed by atoms with Gasteiger partial charge in [-0.05, 0) is 31.6 Å². The van der Waals surface area contributed by atoms with Gasteiger partial charge in [-0.1, -0.05) is 6.92 Å². The molecule has 0 amide bonds. The minimum absolute atomic E-state index is 0.425. The molecule has 17 heavy (non-hydrogen) atoms. The van der Waals surface area contributed by atoms with Crippen LogP contribution in [0.5, 0.6) is 0 Å². The molecule has 0 radical (unpaired) electrons. The monoisotopic (exact) mass is 230 g/mol. The molecule has 1 aromatic rings. The molecule has 1 aliphatic rings. The van der Waals surface area contributed by atoms with Crippen LogP contribution in [0.25, 0.3) is 0 Å². The van der Waals surface area contributed by atoms with Gasteiger partial charge in [-0.25, -0.2) is 9.97 Å². The lowest BCUT2D eigenvalue weighted by atomic mass is 9.87. The lowest BCUT2D eigenvalue weighted by molar-refractivity contribution is 0.339. The average Bonchev–Trinajstić information content (AvgIpc) is 2.39. The molecule has 1 heterocycles. The van der Waals surface area contributed by atoms with Gasteiger partial charge >= 0.3 is 0 Å². The summed E-state index contributed by atoms with van der Waals surface area (Å²) in [6, 6.07) is 2.60. The molecular weight excluding hydrogens is 212 g/mol. The van der Waals surface area contributed by atoms with Crippen molar-refractivity contribution >= 4 is 5.82 Å². The maximum atomic E-state index is 9.03. The van der Waals surface area contributed by atoms with E-state index in [2.05, 4.69) is 27.9 Å². The third kappa shape index (κ3) is 2.55. The zero-order chi connectivity index (χ0) is 12.3. The van der Waals surface area contributed by atoms with E-state index in [9.17, 15) is 0 Å². The van der Waals surface area contributed by atoms with Crippen LogP contribution in [0.4, 0.5) is 5.82 Å². The quantitative estimate of drug-likeness (QED) is 0.782. The highest BCUT2D eigenvalue weighted by Crippen LogP contribution is 2.29. The molecule has 0 saturated heterocycles. The van der Waals surface area contributed by atoms with Crippen molar-refractivity contribution in [1.29, 1.82) is 5.26 Å². The molecule has 0 bridgehead atoms. The summed E-state index contributed by atoms with van der Waals surface area (Å²) in [7, 11) is 2.02. The second-order valence-corrected chi connectivity index (χ2v) is 4.86. The fraction of sp³-hybridized carbons (Fsp3) is 0.615. The molecule has 1 fully saturated rings. The Labute approximate surface area is 102 Å².